The van der Waals surface area contributed by atoms with E-state index in [4.69, 9.17) is 11.6 Å². The summed E-state index contributed by atoms with van der Waals surface area (Å²) in [7, 11) is 2.00. The smallest absolute Gasteiger partial charge is 0.226 e. The summed E-state index contributed by atoms with van der Waals surface area (Å²) in [6.07, 6.45) is 2.82. The van der Waals surface area contributed by atoms with Crippen LogP contribution in [0.15, 0.2) is 12.3 Å². The van der Waals surface area contributed by atoms with Gasteiger partial charge in [0.1, 0.15) is 5.15 Å². The SMILES string of the molecule is CN(c1nccc(Cl)n1)[C@H]1CCNC1. The Morgan fingerprint density at radius 2 is 2.50 bits per heavy atom. The predicted octanol–water partition coefficient (Wildman–Crippen LogP) is 0.928. The first kappa shape index (κ1) is 9.68. The minimum Gasteiger partial charge on any atom is -0.340 e. The van der Waals surface area contributed by atoms with E-state index in [1.807, 2.05) is 7.05 Å². The molecule has 1 N–H and O–H groups in total. The molecule has 1 atom stereocenters. The molecular formula is C9H13ClN4. The van der Waals surface area contributed by atoms with Crippen molar-refractivity contribution in [3.63, 3.8) is 0 Å². The molecule has 14 heavy (non-hydrogen) atoms. The summed E-state index contributed by atoms with van der Waals surface area (Å²) in [6.45, 7) is 2.06. The fourth-order valence-corrected chi connectivity index (χ4v) is 1.76. The van der Waals surface area contributed by atoms with Gasteiger partial charge in [0, 0.05) is 25.8 Å². The maximum absolute atomic E-state index is 5.80. The summed E-state index contributed by atoms with van der Waals surface area (Å²) in [5.41, 5.74) is 0. The van der Waals surface area contributed by atoms with Gasteiger partial charge in [0.25, 0.3) is 0 Å². The summed E-state index contributed by atoms with van der Waals surface area (Å²) in [6, 6.07) is 2.17. The zero-order chi connectivity index (χ0) is 9.97. The lowest BCUT2D eigenvalue weighted by Gasteiger charge is -2.23. The molecule has 0 unspecified atom stereocenters. The molecule has 0 saturated carbocycles. The van der Waals surface area contributed by atoms with Crippen molar-refractivity contribution in [2.75, 3.05) is 25.0 Å². The molecule has 76 valence electrons. The Kier molecular flexibility index (Phi) is 2.84. The van der Waals surface area contributed by atoms with Crippen LogP contribution in [0.25, 0.3) is 0 Å². The van der Waals surface area contributed by atoms with Crippen LogP contribution in [0.2, 0.25) is 5.15 Å². The molecule has 5 heteroatoms. The number of hydrogen-bond donors (Lipinski definition) is 1. The molecule has 0 bridgehead atoms. The van der Waals surface area contributed by atoms with Gasteiger partial charge in [0.15, 0.2) is 0 Å². The number of anilines is 1. The normalized spacial score (nSPS) is 21.1. The standard InChI is InChI=1S/C9H13ClN4/c1-14(7-2-4-11-6-7)9-12-5-3-8(10)13-9/h3,5,7,11H,2,4,6H2,1H3/t7-/m0/s1. The van der Waals surface area contributed by atoms with Crippen LogP contribution in [0.3, 0.4) is 0 Å². The summed E-state index contributed by atoms with van der Waals surface area (Å²) in [5, 5.41) is 3.80. The number of aromatic nitrogens is 2. The van der Waals surface area contributed by atoms with Gasteiger partial charge in [0.05, 0.1) is 0 Å². The molecule has 0 amide bonds. The van der Waals surface area contributed by atoms with Gasteiger partial charge >= 0.3 is 0 Å². The summed E-state index contributed by atoms with van der Waals surface area (Å²) in [4.78, 5) is 10.4. The van der Waals surface area contributed by atoms with Crippen LogP contribution in [0, 0.1) is 0 Å². The Hall–Kier alpha value is -0.870. The van der Waals surface area contributed by atoms with Crippen molar-refractivity contribution < 1.29 is 0 Å². The number of hydrogen-bond acceptors (Lipinski definition) is 4. The molecular weight excluding hydrogens is 200 g/mol. The first-order valence-electron chi connectivity index (χ1n) is 4.69. The Bertz CT molecular complexity index is 311. The highest BCUT2D eigenvalue weighted by Gasteiger charge is 2.20. The highest BCUT2D eigenvalue weighted by atomic mass is 35.5. The number of rotatable bonds is 2. The molecule has 0 radical (unpaired) electrons. The van der Waals surface area contributed by atoms with Crippen LogP contribution in [-0.2, 0) is 0 Å². The first-order chi connectivity index (χ1) is 6.77. The Morgan fingerprint density at radius 1 is 1.64 bits per heavy atom. The largest absolute Gasteiger partial charge is 0.340 e. The van der Waals surface area contributed by atoms with E-state index in [9.17, 15) is 0 Å². The topological polar surface area (TPSA) is 41.1 Å². The molecule has 1 fully saturated rings. The van der Waals surface area contributed by atoms with Gasteiger partial charge in [-0.1, -0.05) is 11.6 Å². The van der Waals surface area contributed by atoms with Crippen molar-refractivity contribution >= 4 is 17.5 Å². The maximum Gasteiger partial charge on any atom is 0.226 e. The van der Waals surface area contributed by atoms with Crippen molar-refractivity contribution in [1.82, 2.24) is 15.3 Å². The van der Waals surface area contributed by atoms with Crippen molar-refractivity contribution in [3.05, 3.63) is 17.4 Å². The van der Waals surface area contributed by atoms with Crippen molar-refractivity contribution in [2.24, 2.45) is 0 Å². The van der Waals surface area contributed by atoms with E-state index >= 15 is 0 Å². The van der Waals surface area contributed by atoms with Crippen molar-refractivity contribution in [3.8, 4) is 0 Å². The quantitative estimate of drug-likeness (QED) is 0.741. The van der Waals surface area contributed by atoms with E-state index in [1.165, 1.54) is 0 Å². The van der Waals surface area contributed by atoms with Crippen LogP contribution >= 0.6 is 11.6 Å². The average molecular weight is 213 g/mol. The molecule has 4 nitrogen and oxygen atoms in total. The van der Waals surface area contributed by atoms with Crippen LogP contribution in [0.1, 0.15) is 6.42 Å². The van der Waals surface area contributed by atoms with E-state index < -0.39 is 0 Å². The van der Waals surface area contributed by atoms with Crippen LogP contribution in [0.4, 0.5) is 5.95 Å². The van der Waals surface area contributed by atoms with E-state index in [-0.39, 0.29) is 0 Å². The highest BCUT2D eigenvalue weighted by molar-refractivity contribution is 6.29. The second-order valence-corrected chi connectivity index (χ2v) is 3.82. The average Bonchev–Trinajstić information content (AvgIpc) is 2.69. The van der Waals surface area contributed by atoms with Crippen molar-refractivity contribution in [1.29, 1.82) is 0 Å². The molecule has 1 aliphatic heterocycles. The lowest BCUT2D eigenvalue weighted by molar-refractivity contribution is 0.668. The lowest BCUT2D eigenvalue weighted by atomic mass is 10.2. The fraction of sp³-hybridized carbons (Fsp3) is 0.556. The van der Waals surface area contributed by atoms with Gasteiger partial charge in [-0.3, -0.25) is 0 Å². The third-order valence-electron chi connectivity index (χ3n) is 2.51. The lowest BCUT2D eigenvalue weighted by Crippen LogP contribution is -2.34. The van der Waals surface area contributed by atoms with E-state index in [2.05, 4.69) is 20.2 Å². The first-order valence-corrected chi connectivity index (χ1v) is 5.07. The van der Waals surface area contributed by atoms with Crippen molar-refractivity contribution in [2.45, 2.75) is 12.5 Å². The predicted molar refractivity (Wildman–Crippen MR) is 56.7 cm³/mol. The molecule has 1 aliphatic rings. The zero-order valence-electron chi connectivity index (χ0n) is 8.07. The third kappa shape index (κ3) is 1.96. The second-order valence-electron chi connectivity index (χ2n) is 3.44. The van der Waals surface area contributed by atoms with Gasteiger partial charge in [-0.15, -0.1) is 0 Å². The molecule has 0 aliphatic carbocycles. The minimum atomic E-state index is 0.480. The summed E-state index contributed by atoms with van der Waals surface area (Å²) < 4.78 is 0. The molecule has 1 aromatic rings. The number of halogens is 1. The molecule has 2 rings (SSSR count). The van der Waals surface area contributed by atoms with Gasteiger partial charge in [-0.25, -0.2) is 9.97 Å². The number of nitrogens with zero attached hydrogens (tertiary/aromatic N) is 3. The van der Waals surface area contributed by atoms with Crippen LogP contribution < -0.4 is 10.2 Å². The molecule has 2 heterocycles. The van der Waals surface area contributed by atoms with Gasteiger partial charge in [-0.05, 0) is 19.0 Å². The second kappa shape index (κ2) is 4.11. The van der Waals surface area contributed by atoms with Gasteiger partial charge in [-0.2, -0.15) is 0 Å². The van der Waals surface area contributed by atoms with Crippen LogP contribution in [0.5, 0.6) is 0 Å². The molecule has 0 aromatic carbocycles. The summed E-state index contributed by atoms with van der Waals surface area (Å²) >= 11 is 5.80. The Balaban J connectivity index is 2.13. The highest BCUT2D eigenvalue weighted by Crippen LogP contribution is 2.15. The Labute approximate surface area is 88.3 Å². The molecule has 1 aromatic heterocycles. The monoisotopic (exact) mass is 212 g/mol. The van der Waals surface area contributed by atoms with Gasteiger partial charge in [0.2, 0.25) is 5.95 Å². The minimum absolute atomic E-state index is 0.480. The Morgan fingerprint density at radius 3 is 3.14 bits per heavy atom. The third-order valence-corrected chi connectivity index (χ3v) is 2.72. The molecule has 0 spiro atoms. The maximum atomic E-state index is 5.80. The summed E-state index contributed by atoms with van der Waals surface area (Å²) in [5.74, 6) is 0.700. The number of nitrogens with one attached hydrogen (secondary N) is 1. The van der Waals surface area contributed by atoms with E-state index in [0.29, 0.717) is 17.1 Å². The molecule has 1 saturated heterocycles. The fourth-order valence-electron chi connectivity index (χ4n) is 1.63. The zero-order valence-corrected chi connectivity index (χ0v) is 8.83. The van der Waals surface area contributed by atoms with Crippen LogP contribution in [-0.4, -0.2) is 36.1 Å². The van der Waals surface area contributed by atoms with Gasteiger partial charge < -0.3 is 10.2 Å². The number of likely N-dealkylation sites (N-methyl/N-ethyl adjacent to an activating group) is 1. The van der Waals surface area contributed by atoms with E-state index in [0.717, 1.165) is 19.5 Å². The van der Waals surface area contributed by atoms with E-state index in [1.54, 1.807) is 12.3 Å².